The van der Waals surface area contributed by atoms with Crippen molar-refractivity contribution in [2.45, 2.75) is 6.92 Å². The van der Waals surface area contributed by atoms with Crippen molar-refractivity contribution in [3.05, 3.63) is 140 Å². The molecule has 0 heterocycles. The molecule has 3 aromatic rings. The largest absolute Gasteiger partial charge is 0.665 e. The van der Waals surface area contributed by atoms with Crippen LogP contribution in [0.1, 0.15) is 6.92 Å². The first-order chi connectivity index (χ1) is 17.5. The second-order valence-corrected chi connectivity index (χ2v) is 5.83. The number of hydrogen-bond donors (Lipinski definition) is 3. The number of aliphatic hydroxyl groups is 3. The Morgan fingerprint density at radius 3 is 0.625 bits per heavy atom. The Hall–Kier alpha value is -6.68. The van der Waals surface area contributed by atoms with Gasteiger partial charge in [0, 0.05) is 10.0 Å². The van der Waals surface area contributed by atoms with Crippen LogP contribution in [-0.2, 0) is 0 Å². The third-order valence-electron chi connectivity index (χ3n) is 3.12. The summed E-state index contributed by atoms with van der Waals surface area (Å²) in [7, 11) is 19.8. The van der Waals surface area contributed by atoms with E-state index >= 15 is 0 Å². The fourth-order valence-electron chi connectivity index (χ4n) is 1.69. The molecule has 0 saturated carbocycles. The molecule has 0 aliphatic heterocycles. The molecule has 0 unspecified atom stereocenters. The Kier molecular flexibility index (Phi) is 57.7. The van der Waals surface area contributed by atoms with Crippen molar-refractivity contribution in [2.24, 2.45) is 0 Å². The Labute approximate surface area is 226 Å². The Morgan fingerprint density at radius 1 is 0.400 bits per heavy atom. The summed E-state index contributed by atoms with van der Waals surface area (Å²) >= 11 is 11.1. The molecule has 13 heteroatoms. The average Bonchev–Trinajstić information content (AvgIpc) is 2.99. The van der Waals surface area contributed by atoms with E-state index in [0.29, 0.717) is 23.0 Å². The summed E-state index contributed by atoms with van der Waals surface area (Å²) in [6.07, 6.45) is 0. The Morgan fingerprint density at radius 2 is 0.525 bits per heavy atom. The number of rotatable bonds is 4. The molecule has 7 nitrogen and oxygen atoms in total. The van der Waals surface area contributed by atoms with Gasteiger partial charge in [-0.05, 0) is 72.8 Å². The van der Waals surface area contributed by atoms with Crippen molar-refractivity contribution in [3.63, 3.8) is 0 Å². The minimum atomic E-state index is 0. The van der Waals surface area contributed by atoms with Gasteiger partial charge in [0.05, 0.1) is 23.0 Å². The third kappa shape index (κ3) is 29.4. The van der Waals surface area contributed by atoms with Crippen molar-refractivity contribution in [1.82, 2.24) is 0 Å². The molecular formula is C27H34Cl2O7Rf4-8. The molecule has 214 valence electrons. The second-order valence-electron chi connectivity index (χ2n) is 4.96. The van der Waals surface area contributed by atoms with E-state index in [9.17, 15) is 0 Å². The zero-order chi connectivity index (χ0) is 28.8. The fraction of sp³-hybridized carbons (Fsp3) is 0.0370. The van der Waals surface area contributed by atoms with Gasteiger partial charge in [-0.25, -0.2) is 21.3 Å². The molecule has 0 bridgehead atoms. The van der Waals surface area contributed by atoms with Crippen LogP contribution in [0.5, 0.6) is 23.0 Å². The molecule has 3 rings (SSSR count). The van der Waals surface area contributed by atoms with E-state index in [1.54, 1.807) is 79.7 Å². The van der Waals surface area contributed by atoms with Gasteiger partial charge in [-0.2, -0.15) is 35.4 Å². The maximum Gasteiger partial charge on any atom is 0.0845 e. The van der Waals surface area contributed by atoms with Gasteiger partial charge >= 0.3 is 0 Å². The topological polar surface area (TPSA) is 97.6 Å². The van der Waals surface area contributed by atoms with E-state index in [-0.39, 0.29) is 0 Å². The molecular weight excluding hydrogens is 1580 g/mol. The van der Waals surface area contributed by atoms with E-state index in [0.717, 1.165) is 10.0 Å². The van der Waals surface area contributed by atoms with Crippen molar-refractivity contribution >= 4 is 23.2 Å². The van der Waals surface area contributed by atoms with Gasteiger partial charge < -0.3 is 41.2 Å². The van der Waals surface area contributed by atoms with Crippen molar-refractivity contribution in [3.8, 4) is 23.0 Å². The van der Waals surface area contributed by atoms with Gasteiger partial charge in [0.15, 0.2) is 0 Å². The zero-order valence-corrected chi connectivity index (χ0v) is 50.3. The van der Waals surface area contributed by atoms with Gasteiger partial charge in [0.1, 0.15) is 0 Å². The van der Waals surface area contributed by atoms with Crippen LogP contribution in [-0.4, -0.2) is 15.3 Å². The molecule has 0 fully saturated rings. The van der Waals surface area contributed by atoms with E-state index in [1.807, 2.05) is 0 Å². The smallest absolute Gasteiger partial charge is 0.0845 e. The molecule has 0 aliphatic carbocycles. The normalized spacial score (nSPS) is 6.95. The summed E-state index contributed by atoms with van der Waals surface area (Å²) in [6.45, 7) is 5.00. The molecule has 3 N–H and O–H groups in total. The van der Waals surface area contributed by atoms with Crippen LogP contribution < -0.4 is 18.9 Å². The van der Waals surface area contributed by atoms with Crippen LogP contribution in [0.2, 0.25) is 10.0 Å². The quantitative estimate of drug-likeness (QED) is 0.226. The van der Waals surface area contributed by atoms with Crippen LogP contribution in [0.15, 0.2) is 72.8 Å². The molecule has 40 heavy (non-hydrogen) atoms. The van der Waals surface area contributed by atoms with Crippen LogP contribution in [0.25, 0.3) is 0 Å². The molecule has 0 radical (unpaired) electrons. The SMILES string of the molecule is Clc1ccc(Cl)cc1.[CH2-]C.[CH2-]O.[CH2-]O.[CH2-]O.[CH2-]Oc1ccc(O[CH2-])cc1.[CH2-]Oc1ccc(O[CH2-])cc1.[Rf].[Rf].[Rf].[Rf]. The van der Waals surface area contributed by atoms with Gasteiger partial charge in [0.2, 0.25) is 0 Å². The number of hydrogen-bond acceptors (Lipinski definition) is 7. The molecule has 0 atom stereocenters. The molecule has 0 aliphatic rings. The van der Waals surface area contributed by atoms with Gasteiger partial charge in [-0.3, -0.25) is 0 Å². The summed E-state index contributed by atoms with van der Waals surface area (Å²) in [5.74, 6) is 2.84. The number of halogens is 2. The third-order valence-corrected chi connectivity index (χ3v) is 3.62. The first kappa shape index (κ1) is 54.3. The van der Waals surface area contributed by atoms with E-state index < -0.39 is 0 Å². The summed E-state index contributed by atoms with van der Waals surface area (Å²) in [4.78, 5) is 0. The van der Waals surface area contributed by atoms with Crippen molar-refractivity contribution in [2.75, 3.05) is 0 Å². The minimum Gasteiger partial charge on any atom is -0.665 e. The summed E-state index contributed by atoms with van der Waals surface area (Å²) in [6, 6.07) is 21.1. The molecule has 0 aromatic heterocycles. The van der Waals surface area contributed by atoms with Gasteiger partial charge in [-0.15, -0.1) is 0 Å². The number of ether oxygens (including phenoxy) is 4. The summed E-state index contributed by atoms with van der Waals surface area (Å²) < 4.78 is 18.8. The van der Waals surface area contributed by atoms with Crippen LogP contribution in [0, 0.1) is 56.7 Å². The molecule has 0 saturated heterocycles. The first-order valence-electron chi connectivity index (χ1n) is 9.47. The molecule has 0 amide bonds. The van der Waals surface area contributed by atoms with Crippen molar-refractivity contribution < 1.29 is 34.3 Å². The van der Waals surface area contributed by atoms with Crippen LogP contribution >= 0.6 is 23.2 Å². The monoisotopic (exact) mass is 1610 g/mol. The summed E-state index contributed by atoms with van der Waals surface area (Å²) in [5, 5.41) is 21.7. The minimum absolute atomic E-state index is 0. The summed E-state index contributed by atoms with van der Waals surface area (Å²) in [5.41, 5.74) is 0. The van der Waals surface area contributed by atoms with Gasteiger partial charge in [-0.1, -0.05) is 23.2 Å². The van der Waals surface area contributed by atoms with E-state index in [1.165, 1.54) is 0 Å². The fourth-order valence-corrected chi connectivity index (χ4v) is 1.95. The van der Waals surface area contributed by atoms with Gasteiger partial charge in [0.25, 0.3) is 0 Å². The Balaban J connectivity index is -0.0000000545. The predicted molar refractivity (Wildman–Crippen MR) is 146 cm³/mol. The van der Waals surface area contributed by atoms with E-state index in [2.05, 4.69) is 75.6 Å². The number of aliphatic hydroxyl groups excluding tert-OH is 3. The van der Waals surface area contributed by atoms with Crippen LogP contribution in [0.3, 0.4) is 0 Å². The predicted octanol–water partition coefficient (Wildman–Crippen LogP) is 8.34. The van der Waals surface area contributed by atoms with E-state index in [4.69, 9.17) is 38.5 Å². The molecule has 0 spiro atoms. The first-order valence-corrected chi connectivity index (χ1v) is 10.2. The average molecular weight is 1610 g/mol. The maximum atomic E-state index is 6.75. The number of benzene rings is 3. The van der Waals surface area contributed by atoms with Crippen LogP contribution in [0.4, 0.5) is 0 Å². The maximum absolute atomic E-state index is 6.75. The Bertz CT molecular complexity index is 687. The standard InChI is InChI=1S/2C8H8O2.C6H4Cl2.C2H5.3CH3O.4Rf/c2*1-9-7-3-5-8(10-2)6-4-7;7-5-1-2-6(8)4-3-5;4*1-2;;;;/h2*3-6H,1-2H2;1-4H;1H2,2H3;3*2H,1H2;;;;/q2*-2;;4*-1;;;;. The molecule has 3 aromatic carbocycles. The van der Waals surface area contributed by atoms with Crippen molar-refractivity contribution in [1.29, 1.82) is 0 Å². The second kappa shape index (κ2) is 42.5. The zero-order valence-electron chi connectivity index (χ0n) is 23.1.